The summed E-state index contributed by atoms with van der Waals surface area (Å²) in [6, 6.07) is 0. The molecular formula is C12H16O6. The first-order chi connectivity index (χ1) is 8.47. The lowest BCUT2D eigenvalue weighted by atomic mass is 10.1. The van der Waals surface area contributed by atoms with E-state index in [1.54, 1.807) is 19.1 Å². The highest BCUT2D eigenvalue weighted by Crippen LogP contribution is 2.27. The fourth-order valence-corrected chi connectivity index (χ4v) is 1.90. The standard InChI is InChI=1S/C12H16O6/c1-6-5-8(14)9(17-7(2)13)3-4-10-11(18-10)12(15)16-6/h3-4,6,8-11,14H,5H2,1-2H3/b4-3-/t6-,8-,9+,10+,11+/m1/s1. The molecule has 0 radical (unpaired) electrons. The van der Waals surface area contributed by atoms with Crippen LogP contribution in [0.25, 0.3) is 0 Å². The molecule has 1 N–H and O–H groups in total. The Morgan fingerprint density at radius 2 is 2.22 bits per heavy atom. The molecule has 0 amide bonds. The third-order valence-corrected chi connectivity index (χ3v) is 2.82. The number of hydrogen-bond donors (Lipinski definition) is 1. The Hall–Kier alpha value is -1.40. The van der Waals surface area contributed by atoms with Gasteiger partial charge in [0.25, 0.3) is 0 Å². The van der Waals surface area contributed by atoms with Crippen molar-refractivity contribution in [3.05, 3.63) is 12.2 Å². The van der Waals surface area contributed by atoms with Crippen LogP contribution in [0.3, 0.4) is 0 Å². The van der Waals surface area contributed by atoms with E-state index in [-0.39, 0.29) is 12.5 Å². The van der Waals surface area contributed by atoms with Gasteiger partial charge in [0, 0.05) is 13.3 Å². The average molecular weight is 256 g/mol. The molecule has 0 spiro atoms. The average Bonchev–Trinajstić information content (AvgIpc) is 3.01. The minimum absolute atomic E-state index is 0.200. The Morgan fingerprint density at radius 1 is 1.50 bits per heavy atom. The molecule has 0 bridgehead atoms. The molecule has 100 valence electrons. The van der Waals surface area contributed by atoms with Crippen molar-refractivity contribution in [2.75, 3.05) is 0 Å². The molecule has 6 heteroatoms. The Balaban J connectivity index is 2.11. The molecule has 5 atom stereocenters. The molecule has 0 unspecified atom stereocenters. The summed E-state index contributed by atoms with van der Waals surface area (Å²) in [5.41, 5.74) is 0. The number of epoxide rings is 1. The molecule has 1 fully saturated rings. The summed E-state index contributed by atoms with van der Waals surface area (Å²) in [5.74, 6) is -0.894. The Kier molecular flexibility index (Phi) is 3.68. The van der Waals surface area contributed by atoms with Gasteiger partial charge in [0.05, 0.1) is 6.10 Å². The molecule has 0 aliphatic carbocycles. The molecule has 2 aliphatic heterocycles. The van der Waals surface area contributed by atoms with E-state index in [4.69, 9.17) is 14.2 Å². The molecule has 2 aliphatic rings. The van der Waals surface area contributed by atoms with Gasteiger partial charge in [-0.1, -0.05) is 6.08 Å². The highest BCUT2D eigenvalue weighted by atomic mass is 16.6. The van der Waals surface area contributed by atoms with Gasteiger partial charge in [0.1, 0.15) is 18.3 Å². The van der Waals surface area contributed by atoms with Gasteiger partial charge in [-0.2, -0.15) is 0 Å². The van der Waals surface area contributed by atoms with Crippen molar-refractivity contribution in [2.45, 2.75) is 50.8 Å². The number of ether oxygens (including phenoxy) is 3. The largest absolute Gasteiger partial charge is 0.461 e. The predicted molar refractivity (Wildman–Crippen MR) is 59.5 cm³/mol. The quantitative estimate of drug-likeness (QED) is 0.402. The number of esters is 2. The Labute approximate surface area is 105 Å². The monoisotopic (exact) mass is 256 g/mol. The lowest BCUT2D eigenvalue weighted by Crippen LogP contribution is -2.34. The number of carbonyl (C=O) groups is 2. The van der Waals surface area contributed by atoms with Gasteiger partial charge in [-0.25, -0.2) is 4.79 Å². The van der Waals surface area contributed by atoms with Crippen LogP contribution in [0.15, 0.2) is 12.2 Å². The van der Waals surface area contributed by atoms with Crippen molar-refractivity contribution >= 4 is 11.9 Å². The number of aliphatic hydroxyl groups excluding tert-OH is 1. The van der Waals surface area contributed by atoms with Gasteiger partial charge in [-0.05, 0) is 13.0 Å². The lowest BCUT2D eigenvalue weighted by Gasteiger charge is -2.23. The van der Waals surface area contributed by atoms with E-state index in [0.717, 1.165) is 0 Å². The molecule has 2 heterocycles. The molecular weight excluding hydrogens is 240 g/mol. The number of aliphatic hydroxyl groups is 1. The molecule has 0 aromatic rings. The van der Waals surface area contributed by atoms with Crippen molar-refractivity contribution in [3.63, 3.8) is 0 Å². The maximum atomic E-state index is 11.5. The first kappa shape index (κ1) is 13.0. The van der Waals surface area contributed by atoms with Crippen molar-refractivity contribution in [1.29, 1.82) is 0 Å². The molecule has 0 aromatic heterocycles. The maximum Gasteiger partial charge on any atom is 0.338 e. The van der Waals surface area contributed by atoms with Crippen molar-refractivity contribution in [1.82, 2.24) is 0 Å². The van der Waals surface area contributed by atoms with Gasteiger partial charge in [0.2, 0.25) is 0 Å². The maximum absolute atomic E-state index is 11.5. The molecule has 2 rings (SSSR count). The van der Waals surface area contributed by atoms with Crippen LogP contribution in [0.1, 0.15) is 20.3 Å². The van der Waals surface area contributed by atoms with E-state index in [0.29, 0.717) is 0 Å². The van der Waals surface area contributed by atoms with Crippen LogP contribution in [0.5, 0.6) is 0 Å². The van der Waals surface area contributed by atoms with E-state index in [1.165, 1.54) is 6.92 Å². The predicted octanol–water partition coefficient (Wildman–Crippen LogP) is -0.0620. The number of fused-ring (bicyclic) bond motifs is 1. The summed E-state index contributed by atoms with van der Waals surface area (Å²) in [7, 11) is 0. The molecule has 0 saturated carbocycles. The van der Waals surface area contributed by atoms with Crippen LogP contribution < -0.4 is 0 Å². The van der Waals surface area contributed by atoms with Crippen LogP contribution in [0.2, 0.25) is 0 Å². The number of hydrogen-bond acceptors (Lipinski definition) is 6. The van der Waals surface area contributed by atoms with Crippen molar-refractivity contribution in [3.8, 4) is 0 Å². The third-order valence-electron chi connectivity index (χ3n) is 2.82. The van der Waals surface area contributed by atoms with E-state index in [2.05, 4.69) is 0 Å². The Morgan fingerprint density at radius 3 is 2.89 bits per heavy atom. The van der Waals surface area contributed by atoms with Crippen molar-refractivity contribution in [2.24, 2.45) is 0 Å². The second-order valence-electron chi connectivity index (χ2n) is 4.53. The van der Waals surface area contributed by atoms with Crippen molar-refractivity contribution < 1.29 is 28.9 Å². The van der Waals surface area contributed by atoms with Gasteiger partial charge < -0.3 is 19.3 Å². The minimum atomic E-state index is -0.914. The van der Waals surface area contributed by atoms with E-state index < -0.39 is 36.4 Å². The first-order valence-corrected chi connectivity index (χ1v) is 5.87. The van der Waals surface area contributed by atoms with Crippen LogP contribution in [-0.4, -0.2) is 47.6 Å². The van der Waals surface area contributed by atoms with E-state index in [9.17, 15) is 14.7 Å². The highest BCUT2D eigenvalue weighted by molar-refractivity contribution is 5.78. The fourth-order valence-electron chi connectivity index (χ4n) is 1.90. The second kappa shape index (κ2) is 5.07. The summed E-state index contributed by atoms with van der Waals surface area (Å²) >= 11 is 0. The minimum Gasteiger partial charge on any atom is -0.461 e. The van der Waals surface area contributed by atoms with Crippen LogP contribution in [-0.2, 0) is 23.8 Å². The lowest BCUT2D eigenvalue weighted by molar-refractivity contribution is -0.156. The second-order valence-corrected chi connectivity index (χ2v) is 4.53. The van der Waals surface area contributed by atoms with E-state index >= 15 is 0 Å². The summed E-state index contributed by atoms with van der Waals surface area (Å²) < 4.78 is 15.2. The number of cyclic esters (lactones) is 1. The van der Waals surface area contributed by atoms with Gasteiger partial charge >= 0.3 is 11.9 Å². The summed E-state index contributed by atoms with van der Waals surface area (Å²) in [4.78, 5) is 22.5. The van der Waals surface area contributed by atoms with Gasteiger partial charge in [-0.15, -0.1) is 0 Å². The van der Waals surface area contributed by atoms with Gasteiger partial charge in [0.15, 0.2) is 6.10 Å². The zero-order valence-corrected chi connectivity index (χ0v) is 10.2. The molecule has 1 saturated heterocycles. The van der Waals surface area contributed by atoms with Crippen LogP contribution in [0.4, 0.5) is 0 Å². The molecule has 18 heavy (non-hydrogen) atoms. The molecule has 6 nitrogen and oxygen atoms in total. The first-order valence-electron chi connectivity index (χ1n) is 5.87. The highest BCUT2D eigenvalue weighted by Gasteiger charge is 2.46. The molecule has 0 aromatic carbocycles. The summed E-state index contributed by atoms with van der Waals surface area (Å²) in [5, 5.41) is 9.94. The summed E-state index contributed by atoms with van der Waals surface area (Å²) in [6.45, 7) is 2.95. The van der Waals surface area contributed by atoms with Gasteiger partial charge in [-0.3, -0.25) is 4.79 Å². The topological polar surface area (TPSA) is 85.4 Å². The zero-order chi connectivity index (χ0) is 13.3. The van der Waals surface area contributed by atoms with Crippen LogP contribution in [0, 0.1) is 0 Å². The third kappa shape index (κ3) is 3.08. The van der Waals surface area contributed by atoms with E-state index in [1.807, 2.05) is 0 Å². The van der Waals surface area contributed by atoms with Crippen LogP contribution >= 0.6 is 0 Å². The smallest absolute Gasteiger partial charge is 0.338 e. The summed E-state index contributed by atoms with van der Waals surface area (Å²) in [6.07, 6.45) is 0.327. The fraction of sp³-hybridized carbons (Fsp3) is 0.667. The SMILES string of the molecule is CC(=O)O[C@H]1/C=C\[C@@H]2O[C@@H]2C(=O)O[C@H](C)C[C@H]1O. The normalized spacial score (nSPS) is 41.3. The number of rotatable bonds is 1. The zero-order valence-electron chi connectivity index (χ0n) is 10.2. The number of carbonyl (C=O) groups excluding carboxylic acids is 2. The Bertz CT molecular complexity index is 377.